The van der Waals surface area contributed by atoms with Crippen molar-refractivity contribution in [2.24, 2.45) is 20.0 Å². The first-order chi connectivity index (χ1) is 10.0. The van der Waals surface area contributed by atoms with Crippen molar-refractivity contribution in [3.8, 4) is 0 Å². The van der Waals surface area contributed by atoms with E-state index in [0.29, 0.717) is 12.5 Å². The van der Waals surface area contributed by atoms with Crippen molar-refractivity contribution in [2.45, 2.75) is 26.3 Å². The quantitative estimate of drug-likeness (QED) is 0.824. The second kappa shape index (κ2) is 7.04. The Morgan fingerprint density at radius 3 is 2.48 bits per heavy atom. The van der Waals surface area contributed by atoms with E-state index >= 15 is 0 Å². The average molecular weight is 294 g/mol. The van der Waals surface area contributed by atoms with Gasteiger partial charge in [-0.15, -0.1) is 0 Å². The van der Waals surface area contributed by atoms with Crippen LogP contribution in [0.3, 0.4) is 0 Å². The van der Waals surface area contributed by atoms with Crippen LogP contribution in [0.5, 0.6) is 0 Å². The number of nitrogens with zero attached hydrogens (tertiary/aromatic N) is 3. The summed E-state index contributed by atoms with van der Waals surface area (Å²) in [5.74, 6) is 0.691. The third-order valence-corrected chi connectivity index (χ3v) is 4.52. The fourth-order valence-corrected chi connectivity index (χ4v) is 2.86. The van der Waals surface area contributed by atoms with Gasteiger partial charge in [0.1, 0.15) is 0 Å². The number of hydrogen-bond acceptors (Lipinski definition) is 4. The molecule has 6 nitrogen and oxygen atoms in total. The Hall–Kier alpha value is -1.40. The van der Waals surface area contributed by atoms with Crippen LogP contribution in [0.2, 0.25) is 0 Å². The van der Waals surface area contributed by atoms with Crippen molar-refractivity contribution in [1.29, 1.82) is 0 Å². The second-order valence-corrected chi connectivity index (χ2v) is 5.88. The molecule has 0 aromatic carbocycles. The summed E-state index contributed by atoms with van der Waals surface area (Å²) >= 11 is 0. The Morgan fingerprint density at radius 2 is 1.86 bits per heavy atom. The number of rotatable bonds is 5. The Labute approximate surface area is 125 Å². The zero-order valence-electron chi connectivity index (χ0n) is 13.3. The Morgan fingerprint density at radius 1 is 1.19 bits per heavy atom. The van der Waals surface area contributed by atoms with E-state index in [1.54, 1.807) is 7.05 Å². The van der Waals surface area contributed by atoms with Gasteiger partial charge in [0, 0.05) is 32.4 Å². The largest absolute Gasteiger partial charge is 0.330 e. The van der Waals surface area contributed by atoms with Crippen LogP contribution in [0, 0.1) is 5.92 Å². The molecule has 0 saturated carbocycles. The van der Waals surface area contributed by atoms with Crippen molar-refractivity contribution in [3.05, 3.63) is 32.6 Å². The molecule has 21 heavy (non-hydrogen) atoms. The monoisotopic (exact) mass is 294 g/mol. The Balaban J connectivity index is 1.87. The molecule has 0 atom stereocenters. The highest BCUT2D eigenvalue weighted by Gasteiger charge is 2.17. The van der Waals surface area contributed by atoms with Crippen molar-refractivity contribution in [2.75, 3.05) is 26.2 Å². The lowest BCUT2D eigenvalue weighted by Crippen LogP contribution is -2.40. The van der Waals surface area contributed by atoms with Gasteiger partial charge in [0.2, 0.25) is 0 Å². The van der Waals surface area contributed by atoms with Crippen LogP contribution in [-0.4, -0.2) is 40.2 Å². The molecule has 0 spiro atoms. The van der Waals surface area contributed by atoms with Gasteiger partial charge in [-0.2, -0.15) is 0 Å². The number of nitrogens with one attached hydrogen (secondary N) is 1. The summed E-state index contributed by atoms with van der Waals surface area (Å²) in [7, 11) is 3.21. The molecular formula is C15H26N4O2. The topological polar surface area (TPSA) is 59.3 Å². The van der Waals surface area contributed by atoms with Gasteiger partial charge < -0.3 is 10.2 Å². The highest BCUT2D eigenvalue weighted by atomic mass is 16.2. The van der Waals surface area contributed by atoms with Crippen molar-refractivity contribution in [1.82, 2.24) is 19.4 Å². The summed E-state index contributed by atoms with van der Waals surface area (Å²) in [5.41, 5.74) is 0.232. The van der Waals surface area contributed by atoms with Gasteiger partial charge >= 0.3 is 5.69 Å². The summed E-state index contributed by atoms with van der Waals surface area (Å²) in [6.07, 6.45) is 2.44. The van der Waals surface area contributed by atoms with Crippen LogP contribution < -0.4 is 16.6 Å². The van der Waals surface area contributed by atoms with E-state index in [1.807, 2.05) is 0 Å². The highest BCUT2D eigenvalue weighted by molar-refractivity contribution is 5.01. The van der Waals surface area contributed by atoms with Crippen LogP contribution in [0.15, 0.2) is 15.7 Å². The van der Waals surface area contributed by atoms with Gasteiger partial charge in [0.25, 0.3) is 5.56 Å². The summed E-state index contributed by atoms with van der Waals surface area (Å²) < 4.78 is 2.66. The Kier molecular flexibility index (Phi) is 5.36. The van der Waals surface area contributed by atoms with Gasteiger partial charge in [-0.05, 0) is 44.9 Å². The third kappa shape index (κ3) is 3.83. The van der Waals surface area contributed by atoms with E-state index in [4.69, 9.17) is 0 Å². The first-order valence-electron chi connectivity index (χ1n) is 7.72. The molecule has 118 valence electrons. The smallest absolute Gasteiger partial charge is 0.311 e. The van der Waals surface area contributed by atoms with Crippen molar-refractivity contribution < 1.29 is 0 Å². The maximum Gasteiger partial charge on any atom is 0.330 e. The maximum absolute atomic E-state index is 11.8. The van der Waals surface area contributed by atoms with Gasteiger partial charge in [0.15, 0.2) is 0 Å². The van der Waals surface area contributed by atoms with Gasteiger partial charge in [-0.1, -0.05) is 6.92 Å². The first-order valence-corrected chi connectivity index (χ1v) is 7.72. The molecule has 1 aromatic heterocycles. The molecule has 6 heteroatoms. The van der Waals surface area contributed by atoms with Crippen molar-refractivity contribution >= 4 is 0 Å². The number of aromatic nitrogens is 2. The molecule has 1 fully saturated rings. The van der Waals surface area contributed by atoms with Gasteiger partial charge in [-0.3, -0.25) is 13.9 Å². The molecule has 0 amide bonds. The molecule has 2 heterocycles. The molecular weight excluding hydrogens is 268 g/mol. The van der Waals surface area contributed by atoms with Crippen LogP contribution in [0.25, 0.3) is 0 Å². The van der Waals surface area contributed by atoms with E-state index in [9.17, 15) is 9.59 Å². The average Bonchev–Trinajstić information content (AvgIpc) is 2.51. The molecule has 1 aromatic rings. The molecule has 2 rings (SSSR count). The van der Waals surface area contributed by atoms with Gasteiger partial charge in [0.05, 0.1) is 0 Å². The van der Waals surface area contributed by atoms with Gasteiger partial charge in [-0.25, -0.2) is 4.79 Å². The minimum Gasteiger partial charge on any atom is -0.311 e. The molecule has 0 radical (unpaired) electrons. The predicted octanol–water partition coefficient (Wildman–Crippen LogP) is -0.0945. The van der Waals surface area contributed by atoms with Crippen molar-refractivity contribution in [3.63, 3.8) is 0 Å². The van der Waals surface area contributed by atoms with E-state index < -0.39 is 0 Å². The van der Waals surface area contributed by atoms with Crippen LogP contribution >= 0.6 is 0 Å². The number of likely N-dealkylation sites (tertiary alicyclic amines) is 1. The molecule has 0 bridgehead atoms. The Bertz CT molecular complexity index is 582. The molecule has 1 aliphatic heterocycles. The molecule has 1 aliphatic rings. The first kappa shape index (κ1) is 16.0. The molecule has 1 saturated heterocycles. The minimum atomic E-state index is -0.268. The summed E-state index contributed by atoms with van der Waals surface area (Å²) in [4.78, 5) is 26.0. The van der Waals surface area contributed by atoms with E-state index in [1.165, 1.54) is 43.6 Å². The summed E-state index contributed by atoms with van der Waals surface area (Å²) in [6, 6.07) is 1.54. The number of hydrogen-bond donors (Lipinski definition) is 1. The SMILES string of the molecule is CCN1CCC(CNCc2cc(=O)n(C)c(=O)n2C)CC1. The minimum absolute atomic E-state index is 0.244. The fourth-order valence-electron chi connectivity index (χ4n) is 2.86. The standard InChI is InChI=1S/C15H26N4O2/c1-4-19-7-5-12(6-8-19)10-16-11-13-9-14(20)18(3)15(21)17(13)2/h9,12,16H,4-8,10-11H2,1-3H3. The lowest BCUT2D eigenvalue weighted by atomic mass is 9.97. The second-order valence-electron chi connectivity index (χ2n) is 5.88. The molecule has 0 unspecified atom stereocenters. The molecule has 1 N–H and O–H groups in total. The molecule has 0 aliphatic carbocycles. The normalized spacial score (nSPS) is 17.3. The number of piperidine rings is 1. The summed E-state index contributed by atoms with van der Waals surface area (Å²) in [5, 5.41) is 3.39. The van der Waals surface area contributed by atoms with E-state index in [-0.39, 0.29) is 11.2 Å². The fraction of sp³-hybridized carbons (Fsp3) is 0.733. The van der Waals surface area contributed by atoms with E-state index in [2.05, 4.69) is 17.1 Å². The van der Waals surface area contributed by atoms with Crippen LogP contribution in [0.1, 0.15) is 25.5 Å². The van der Waals surface area contributed by atoms with Crippen LogP contribution in [-0.2, 0) is 20.6 Å². The third-order valence-electron chi connectivity index (χ3n) is 4.52. The summed E-state index contributed by atoms with van der Waals surface area (Å²) in [6.45, 7) is 7.20. The predicted molar refractivity (Wildman–Crippen MR) is 83.5 cm³/mol. The van der Waals surface area contributed by atoms with Crippen LogP contribution in [0.4, 0.5) is 0 Å². The lowest BCUT2D eigenvalue weighted by molar-refractivity contribution is 0.190. The lowest BCUT2D eigenvalue weighted by Gasteiger charge is -2.31. The zero-order valence-corrected chi connectivity index (χ0v) is 13.3. The maximum atomic E-state index is 11.8. The van der Waals surface area contributed by atoms with E-state index in [0.717, 1.165) is 23.4 Å². The highest BCUT2D eigenvalue weighted by Crippen LogP contribution is 2.15. The zero-order chi connectivity index (χ0) is 15.4.